The summed E-state index contributed by atoms with van der Waals surface area (Å²) in [6.45, 7) is 2.17. The van der Waals surface area contributed by atoms with Gasteiger partial charge in [0.25, 0.3) is 0 Å². The van der Waals surface area contributed by atoms with Crippen LogP contribution < -0.4 is 0 Å². The maximum Gasteiger partial charge on any atom is 0.303 e. The number of hydrogen-bond donors (Lipinski definition) is 1. The lowest BCUT2D eigenvalue weighted by molar-refractivity contribution is -0.137. The molecule has 1 N–H and O–H groups in total. The van der Waals surface area contributed by atoms with Crippen molar-refractivity contribution in [2.75, 3.05) is 0 Å². The molecule has 2 heteroatoms. The normalized spacial score (nSPS) is 16.8. The van der Waals surface area contributed by atoms with Crippen LogP contribution in [0.4, 0.5) is 0 Å². The summed E-state index contributed by atoms with van der Waals surface area (Å²) in [5, 5.41) is 8.96. The maximum absolute atomic E-state index is 10.9. The number of carboxylic acids is 1. The fourth-order valence-electron chi connectivity index (χ4n) is 2.46. The van der Waals surface area contributed by atoms with E-state index in [0.717, 1.165) is 12.8 Å². The van der Waals surface area contributed by atoms with Crippen LogP contribution in [0.2, 0.25) is 0 Å². The first-order chi connectivity index (χ1) is 8.20. The van der Waals surface area contributed by atoms with Crippen molar-refractivity contribution >= 4 is 5.97 Å². The van der Waals surface area contributed by atoms with Gasteiger partial charge in [-0.1, -0.05) is 37.6 Å². The number of aryl methyl sites for hydroxylation is 1. The lowest BCUT2D eigenvalue weighted by Gasteiger charge is -2.14. The predicted octanol–water partition coefficient (Wildman–Crippen LogP) is 3.61. The second-order valence-electron chi connectivity index (χ2n) is 5.03. The summed E-state index contributed by atoms with van der Waals surface area (Å²) >= 11 is 0. The van der Waals surface area contributed by atoms with E-state index in [4.69, 9.17) is 5.11 Å². The fraction of sp³-hybridized carbons (Fsp3) is 0.533. The second-order valence-corrected chi connectivity index (χ2v) is 5.03. The first kappa shape index (κ1) is 12.2. The fourth-order valence-corrected chi connectivity index (χ4v) is 2.46. The van der Waals surface area contributed by atoms with Crippen molar-refractivity contribution in [1.29, 1.82) is 0 Å². The summed E-state index contributed by atoms with van der Waals surface area (Å²) in [6, 6.07) is 8.54. The van der Waals surface area contributed by atoms with Crippen LogP contribution in [0.25, 0.3) is 0 Å². The number of rotatable bonds is 6. The van der Waals surface area contributed by atoms with Crippen LogP contribution in [-0.4, -0.2) is 11.1 Å². The van der Waals surface area contributed by atoms with Crippen molar-refractivity contribution in [1.82, 2.24) is 0 Å². The Labute approximate surface area is 103 Å². The minimum absolute atomic E-state index is 0.225. The second kappa shape index (κ2) is 5.35. The number of benzene rings is 1. The summed E-state index contributed by atoms with van der Waals surface area (Å²) < 4.78 is 0. The third-order valence-corrected chi connectivity index (χ3v) is 3.53. The Balaban J connectivity index is 2.09. The molecule has 17 heavy (non-hydrogen) atoms. The number of hydrogen-bond acceptors (Lipinski definition) is 1. The lowest BCUT2D eigenvalue weighted by atomic mass is 9.90. The predicted molar refractivity (Wildman–Crippen MR) is 68.2 cm³/mol. The molecule has 1 aromatic carbocycles. The zero-order valence-electron chi connectivity index (χ0n) is 10.4. The van der Waals surface area contributed by atoms with E-state index >= 15 is 0 Å². The molecule has 1 aliphatic rings. The first-order valence-electron chi connectivity index (χ1n) is 6.51. The van der Waals surface area contributed by atoms with Gasteiger partial charge in [-0.3, -0.25) is 4.79 Å². The molecule has 0 spiro atoms. The highest BCUT2D eigenvalue weighted by Gasteiger charge is 2.33. The van der Waals surface area contributed by atoms with Gasteiger partial charge < -0.3 is 5.11 Å². The summed E-state index contributed by atoms with van der Waals surface area (Å²) in [5.41, 5.74) is 2.55. The van der Waals surface area contributed by atoms with Crippen molar-refractivity contribution < 1.29 is 9.90 Å². The number of aliphatic carboxylic acids is 1. The van der Waals surface area contributed by atoms with Crippen LogP contribution in [0, 0.1) is 5.92 Å². The average Bonchev–Trinajstić information content (AvgIpc) is 3.11. The van der Waals surface area contributed by atoms with Crippen molar-refractivity contribution in [3.05, 3.63) is 35.4 Å². The Bertz CT molecular complexity index is 376. The third-order valence-electron chi connectivity index (χ3n) is 3.53. The van der Waals surface area contributed by atoms with Crippen molar-refractivity contribution in [3.8, 4) is 0 Å². The van der Waals surface area contributed by atoms with Gasteiger partial charge in [0.2, 0.25) is 0 Å². The minimum Gasteiger partial charge on any atom is -0.481 e. The van der Waals surface area contributed by atoms with Gasteiger partial charge >= 0.3 is 5.97 Å². The van der Waals surface area contributed by atoms with Crippen molar-refractivity contribution in [2.45, 2.75) is 44.9 Å². The van der Waals surface area contributed by atoms with Gasteiger partial charge in [0.1, 0.15) is 0 Å². The molecule has 0 amide bonds. The molecule has 0 aliphatic heterocycles. The highest BCUT2D eigenvalue weighted by Crippen LogP contribution is 2.44. The highest BCUT2D eigenvalue weighted by molar-refractivity contribution is 5.68. The molecule has 0 aromatic heterocycles. The SMILES string of the molecule is CCCc1ccc(C(CC(=O)O)C2CC2)cc1. The van der Waals surface area contributed by atoms with E-state index < -0.39 is 5.97 Å². The molecule has 1 saturated carbocycles. The van der Waals surface area contributed by atoms with E-state index in [0.29, 0.717) is 5.92 Å². The van der Waals surface area contributed by atoms with E-state index in [-0.39, 0.29) is 12.3 Å². The molecule has 1 fully saturated rings. The molecule has 0 bridgehead atoms. The molecule has 2 nitrogen and oxygen atoms in total. The smallest absolute Gasteiger partial charge is 0.303 e. The van der Waals surface area contributed by atoms with E-state index in [9.17, 15) is 4.79 Å². The molecular weight excluding hydrogens is 212 g/mol. The first-order valence-corrected chi connectivity index (χ1v) is 6.51. The van der Waals surface area contributed by atoms with Gasteiger partial charge in [-0.15, -0.1) is 0 Å². The molecule has 1 atom stereocenters. The van der Waals surface area contributed by atoms with Gasteiger partial charge in [-0.2, -0.15) is 0 Å². The Hall–Kier alpha value is -1.31. The molecule has 1 unspecified atom stereocenters. The zero-order chi connectivity index (χ0) is 12.3. The van der Waals surface area contributed by atoms with Crippen LogP contribution in [-0.2, 0) is 11.2 Å². The van der Waals surface area contributed by atoms with Crippen LogP contribution >= 0.6 is 0 Å². The number of carbonyl (C=O) groups is 1. The van der Waals surface area contributed by atoms with E-state index in [1.165, 1.54) is 24.0 Å². The largest absolute Gasteiger partial charge is 0.481 e. The quantitative estimate of drug-likeness (QED) is 0.813. The highest BCUT2D eigenvalue weighted by atomic mass is 16.4. The summed E-state index contributed by atoms with van der Waals surface area (Å²) in [6.07, 6.45) is 4.91. The summed E-state index contributed by atoms with van der Waals surface area (Å²) in [7, 11) is 0. The van der Waals surface area contributed by atoms with Crippen LogP contribution in [0.15, 0.2) is 24.3 Å². The van der Waals surface area contributed by atoms with Crippen molar-refractivity contribution in [3.63, 3.8) is 0 Å². The van der Waals surface area contributed by atoms with Gasteiger partial charge in [-0.25, -0.2) is 0 Å². The standard InChI is InChI=1S/C15H20O2/c1-2-3-11-4-6-12(7-5-11)14(10-15(16)17)13-8-9-13/h4-7,13-14H,2-3,8-10H2,1H3,(H,16,17). The molecular formula is C15H20O2. The number of carboxylic acid groups (broad SMARTS) is 1. The van der Waals surface area contributed by atoms with Gasteiger partial charge in [0.05, 0.1) is 6.42 Å². The third kappa shape index (κ3) is 3.32. The van der Waals surface area contributed by atoms with E-state index in [2.05, 4.69) is 31.2 Å². The monoisotopic (exact) mass is 232 g/mol. The molecule has 0 saturated heterocycles. The molecule has 0 radical (unpaired) electrons. The topological polar surface area (TPSA) is 37.3 Å². The molecule has 92 valence electrons. The lowest BCUT2D eigenvalue weighted by Crippen LogP contribution is -2.08. The van der Waals surface area contributed by atoms with E-state index in [1.54, 1.807) is 0 Å². The zero-order valence-corrected chi connectivity index (χ0v) is 10.4. The van der Waals surface area contributed by atoms with Crippen LogP contribution in [0.3, 0.4) is 0 Å². The van der Waals surface area contributed by atoms with E-state index in [1.807, 2.05) is 0 Å². The van der Waals surface area contributed by atoms with Gasteiger partial charge in [-0.05, 0) is 42.2 Å². The van der Waals surface area contributed by atoms with Crippen LogP contribution in [0.1, 0.15) is 49.7 Å². The molecule has 0 heterocycles. The Morgan fingerprint density at radius 1 is 1.35 bits per heavy atom. The molecule has 2 rings (SSSR count). The Morgan fingerprint density at radius 2 is 2.00 bits per heavy atom. The Morgan fingerprint density at radius 3 is 2.47 bits per heavy atom. The average molecular weight is 232 g/mol. The van der Waals surface area contributed by atoms with Gasteiger partial charge in [0.15, 0.2) is 0 Å². The molecule has 1 aromatic rings. The summed E-state index contributed by atoms with van der Waals surface area (Å²) in [4.78, 5) is 10.9. The molecule has 1 aliphatic carbocycles. The Kier molecular flexibility index (Phi) is 3.82. The van der Waals surface area contributed by atoms with Gasteiger partial charge in [0, 0.05) is 0 Å². The van der Waals surface area contributed by atoms with Crippen LogP contribution in [0.5, 0.6) is 0 Å². The maximum atomic E-state index is 10.9. The summed E-state index contributed by atoms with van der Waals surface area (Å²) in [5.74, 6) is 0.144. The van der Waals surface area contributed by atoms with Crippen molar-refractivity contribution in [2.24, 2.45) is 5.92 Å². The minimum atomic E-state index is -0.681.